The lowest BCUT2D eigenvalue weighted by Gasteiger charge is -2.39. The number of amides is 3. The number of para-hydroxylation sites is 2. The fourth-order valence-corrected chi connectivity index (χ4v) is 4.60. The first-order valence-electron chi connectivity index (χ1n) is 14.1. The second kappa shape index (κ2) is 13.7. The molecule has 0 aliphatic rings. The van der Waals surface area contributed by atoms with E-state index >= 15 is 0 Å². The molecular weight excluding hydrogens is 506 g/mol. The summed E-state index contributed by atoms with van der Waals surface area (Å²) in [6, 6.07) is 8.40. The molecule has 2 rings (SSSR count). The molecule has 40 heavy (non-hydrogen) atoms. The molecule has 4 atom stereocenters. The van der Waals surface area contributed by atoms with Crippen LogP contribution < -0.4 is 10.6 Å². The van der Waals surface area contributed by atoms with E-state index in [0.29, 0.717) is 29.7 Å². The van der Waals surface area contributed by atoms with Gasteiger partial charge in [0.25, 0.3) is 5.91 Å². The van der Waals surface area contributed by atoms with Crippen molar-refractivity contribution in [1.29, 1.82) is 0 Å². The lowest BCUT2D eigenvalue weighted by Crippen LogP contribution is -2.56. The molecule has 0 spiro atoms. The second-order valence-corrected chi connectivity index (χ2v) is 11.7. The Bertz CT molecular complexity index is 1180. The number of phenols is 1. The standard InChI is InChI=1S/C32H47N3O5/c1-11-19(3)26(34-31(39)40-32(8,9)10)30(38)35(23(7)12-2)27(24-18-14-17-22(6)28(24)36)29(37)33-25-20(4)15-13-16-21(25)5/h13-19,23,26-27,36H,11-12H2,1-10H3,(H,33,37)(H,34,39). The number of rotatable bonds is 10. The van der Waals surface area contributed by atoms with E-state index in [-0.39, 0.29) is 11.7 Å². The highest BCUT2D eigenvalue weighted by Crippen LogP contribution is 2.35. The van der Waals surface area contributed by atoms with E-state index in [1.54, 1.807) is 45.9 Å². The van der Waals surface area contributed by atoms with Gasteiger partial charge in [0.05, 0.1) is 0 Å². The molecule has 0 radical (unpaired) electrons. The summed E-state index contributed by atoms with van der Waals surface area (Å²) in [6.45, 7) is 18.4. The normalized spacial score (nSPS) is 14.4. The van der Waals surface area contributed by atoms with Gasteiger partial charge in [-0.25, -0.2) is 4.79 Å². The third-order valence-electron chi connectivity index (χ3n) is 7.29. The highest BCUT2D eigenvalue weighted by atomic mass is 16.6. The lowest BCUT2D eigenvalue weighted by atomic mass is 9.93. The van der Waals surface area contributed by atoms with Crippen molar-refractivity contribution >= 4 is 23.6 Å². The predicted molar refractivity (Wildman–Crippen MR) is 159 cm³/mol. The van der Waals surface area contributed by atoms with Gasteiger partial charge in [-0.05, 0) is 77.5 Å². The van der Waals surface area contributed by atoms with E-state index in [1.165, 1.54) is 4.90 Å². The van der Waals surface area contributed by atoms with Gasteiger partial charge in [-0.2, -0.15) is 0 Å². The second-order valence-electron chi connectivity index (χ2n) is 11.7. The molecule has 0 saturated carbocycles. The van der Waals surface area contributed by atoms with Crippen LogP contribution in [0.25, 0.3) is 0 Å². The topological polar surface area (TPSA) is 108 Å². The molecule has 4 unspecified atom stereocenters. The van der Waals surface area contributed by atoms with Crippen molar-refractivity contribution in [2.45, 2.75) is 106 Å². The number of ether oxygens (including phenoxy) is 1. The summed E-state index contributed by atoms with van der Waals surface area (Å²) in [4.78, 5) is 43.0. The molecular formula is C32H47N3O5. The molecule has 8 nitrogen and oxygen atoms in total. The molecule has 3 amide bonds. The van der Waals surface area contributed by atoms with E-state index in [0.717, 1.165) is 11.1 Å². The number of nitrogens with zero attached hydrogens (tertiary/aromatic N) is 1. The van der Waals surface area contributed by atoms with Crippen LogP contribution in [0, 0.1) is 26.7 Å². The number of alkyl carbamates (subject to hydrolysis) is 1. The molecule has 0 aliphatic carbocycles. The Morgan fingerprint density at radius 2 is 1.48 bits per heavy atom. The first kappa shape index (κ1) is 32.7. The number of phenolic OH excluding ortho intramolecular Hbond substituents is 1. The maximum Gasteiger partial charge on any atom is 0.408 e. The molecule has 2 aromatic carbocycles. The fourth-order valence-electron chi connectivity index (χ4n) is 4.60. The average molecular weight is 554 g/mol. The number of benzene rings is 2. The Morgan fingerprint density at radius 1 is 0.925 bits per heavy atom. The number of hydrogen-bond donors (Lipinski definition) is 3. The molecule has 2 aromatic rings. The first-order valence-corrected chi connectivity index (χ1v) is 14.1. The summed E-state index contributed by atoms with van der Waals surface area (Å²) in [6.07, 6.45) is 0.450. The summed E-state index contributed by atoms with van der Waals surface area (Å²) >= 11 is 0. The van der Waals surface area contributed by atoms with Crippen LogP contribution in [0.5, 0.6) is 5.75 Å². The minimum Gasteiger partial charge on any atom is -0.507 e. The van der Waals surface area contributed by atoms with Crippen LogP contribution in [0.15, 0.2) is 36.4 Å². The summed E-state index contributed by atoms with van der Waals surface area (Å²) in [7, 11) is 0. The van der Waals surface area contributed by atoms with Crippen molar-refractivity contribution in [3.63, 3.8) is 0 Å². The molecule has 0 aromatic heterocycles. The summed E-state index contributed by atoms with van der Waals surface area (Å²) < 4.78 is 5.47. The fraction of sp³-hybridized carbons (Fsp3) is 0.531. The molecule has 3 N–H and O–H groups in total. The van der Waals surface area contributed by atoms with E-state index in [4.69, 9.17) is 4.74 Å². The summed E-state index contributed by atoms with van der Waals surface area (Å²) in [5.74, 6) is -1.17. The van der Waals surface area contributed by atoms with Gasteiger partial charge in [0.1, 0.15) is 23.4 Å². The van der Waals surface area contributed by atoms with Crippen LogP contribution >= 0.6 is 0 Å². The summed E-state index contributed by atoms with van der Waals surface area (Å²) in [5.41, 5.74) is 2.58. The monoisotopic (exact) mass is 553 g/mol. The minimum atomic E-state index is -1.16. The largest absolute Gasteiger partial charge is 0.507 e. The SMILES string of the molecule is CCC(C)C(NC(=O)OC(C)(C)C)C(=O)N(C(C)CC)C(C(=O)Nc1c(C)cccc1C)c1cccc(C)c1O. The lowest BCUT2D eigenvalue weighted by molar-refractivity contribution is -0.144. The third kappa shape index (κ3) is 7.99. The highest BCUT2D eigenvalue weighted by Gasteiger charge is 2.41. The van der Waals surface area contributed by atoms with E-state index < -0.39 is 41.6 Å². The molecule has 0 aliphatic heterocycles. The molecule has 0 bridgehead atoms. The Kier molecular flexibility index (Phi) is 11.2. The van der Waals surface area contributed by atoms with Crippen LogP contribution in [0.1, 0.15) is 89.6 Å². The van der Waals surface area contributed by atoms with Gasteiger partial charge in [-0.3, -0.25) is 9.59 Å². The number of carbonyl (C=O) groups is 3. The Morgan fingerprint density at radius 3 is 2.00 bits per heavy atom. The Balaban J connectivity index is 2.69. The van der Waals surface area contributed by atoms with Crippen molar-refractivity contribution in [3.05, 3.63) is 58.7 Å². The molecule has 0 fully saturated rings. The maximum absolute atomic E-state index is 14.4. The van der Waals surface area contributed by atoms with Crippen LogP contribution in [0.2, 0.25) is 0 Å². The van der Waals surface area contributed by atoms with E-state index in [1.807, 2.05) is 59.7 Å². The van der Waals surface area contributed by atoms with Crippen LogP contribution in [0.3, 0.4) is 0 Å². The van der Waals surface area contributed by atoms with Gasteiger partial charge in [-0.15, -0.1) is 0 Å². The number of aryl methyl sites for hydroxylation is 3. The van der Waals surface area contributed by atoms with Gasteiger partial charge in [0.15, 0.2) is 0 Å². The quantitative estimate of drug-likeness (QED) is 0.309. The zero-order chi connectivity index (χ0) is 30.4. The van der Waals surface area contributed by atoms with Gasteiger partial charge >= 0.3 is 6.09 Å². The zero-order valence-electron chi connectivity index (χ0n) is 25.7. The average Bonchev–Trinajstić information content (AvgIpc) is 2.87. The molecule has 0 heterocycles. The van der Waals surface area contributed by atoms with Crippen molar-refractivity contribution in [2.24, 2.45) is 5.92 Å². The first-order chi connectivity index (χ1) is 18.6. The number of aromatic hydroxyl groups is 1. The van der Waals surface area contributed by atoms with Gasteiger partial charge < -0.3 is 25.4 Å². The van der Waals surface area contributed by atoms with Crippen LogP contribution in [-0.2, 0) is 14.3 Å². The molecule has 0 saturated heterocycles. The van der Waals surface area contributed by atoms with E-state index in [9.17, 15) is 19.5 Å². The van der Waals surface area contributed by atoms with Gasteiger partial charge in [0.2, 0.25) is 5.91 Å². The number of nitrogens with one attached hydrogen (secondary N) is 2. The van der Waals surface area contributed by atoms with Crippen molar-refractivity contribution in [1.82, 2.24) is 10.2 Å². The van der Waals surface area contributed by atoms with Crippen molar-refractivity contribution < 1.29 is 24.2 Å². The minimum absolute atomic E-state index is 0.0505. The van der Waals surface area contributed by atoms with Crippen LogP contribution in [-0.4, -0.2) is 45.6 Å². The summed E-state index contributed by atoms with van der Waals surface area (Å²) in [5, 5.41) is 16.9. The Hall–Kier alpha value is -3.55. The number of anilines is 1. The van der Waals surface area contributed by atoms with Gasteiger partial charge in [-0.1, -0.05) is 63.6 Å². The van der Waals surface area contributed by atoms with Gasteiger partial charge in [0, 0.05) is 17.3 Å². The molecule has 220 valence electrons. The van der Waals surface area contributed by atoms with Crippen molar-refractivity contribution in [2.75, 3.05) is 5.32 Å². The van der Waals surface area contributed by atoms with Crippen LogP contribution in [0.4, 0.5) is 10.5 Å². The molecule has 8 heteroatoms. The number of carbonyl (C=O) groups excluding carboxylic acids is 3. The third-order valence-corrected chi connectivity index (χ3v) is 7.29. The predicted octanol–water partition coefficient (Wildman–Crippen LogP) is 6.56. The maximum atomic E-state index is 14.4. The Labute approximate surface area is 239 Å². The number of hydrogen-bond acceptors (Lipinski definition) is 5. The van der Waals surface area contributed by atoms with Crippen molar-refractivity contribution in [3.8, 4) is 5.75 Å². The highest BCUT2D eigenvalue weighted by molar-refractivity contribution is 6.00. The zero-order valence-corrected chi connectivity index (χ0v) is 25.7. The van der Waals surface area contributed by atoms with E-state index in [2.05, 4.69) is 10.6 Å². The smallest absolute Gasteiger partial charge is 0.408 e.